The third-order valence-corrected chi connectivity index (χ3v) is 3.58. The SMILES string of the molecule is NC(=O)c1ccsc1NC(=O)c1ccc(N)c(Cl)c1. The Kier molecular flexibility index (Phi) is 3.73. The average Bonchev–Trinajstić information content (AvgIpc) is 2.80. The van der Waals surface area contributed by atoms with E-state index in [1.165, 1.54) is 17.4 Å². The fourth-order valence-electron chi connectivity index (χ4n) is 1.44. The summed E-state index contributed by atoms with van der Waals surface area (Å²) in [5.74, 6) is -0.973. The summed E-state index contributed by atoms with van der Waals surface area (Å²) in [7, 11) is 0. The highest BCUT2D eigenvalue weighted by molar-refractivity contribution is 7.14. The van der Waals surface area contributed by atoms with Gasteiger partial charge in [-0.3, -0.25) is 9.59 Å². The number of hydrogen-bond donors (Lipinski definition) is 3. The van der Waals surface area contributed by atoms with Crippen LogP contribution in [-0.4, -0.2) is 11.8 Å². The second-order valence-corrected chi connectivity index (χ2v) is 5.04. The zero-order valence-corrected chi connectivity index (χ0v) is 11.2. The van der Waals surface area contributed by atoms with Crippen molar-refractivity contribution >= 4 is 45.4 Å². The Labute approximate surface area is 118 Å². The fourth-order valence-corrected chi connectivity index (χ4v) is 2.41. The van der Waals surface area contributed by atoms with Crippen molar-refractivity contribution in [2.75, 3.05) is 11.1 Å². The maximum absolute atomic E-state index is 12.0. The van der Waals surface area contributed by atoms with Gasteiger partial charge in [0.05, 0.1) is 16.3 Å². The normalized spacial score (nSPS) is 10.2. The van der Waals surface area contributed by atoms with Crippen molar-refractivity contribution in [2.45, 2.75) is 0 Å². The number of nitrogens with one attached hydrogen (secondary N) is 1. The Hall–Kier alpha value is -2.05. The fraction of sp³-hybridized carbons (Fsp3) is 0. The molecule has 2 rings (SSSR count). The van der Waals surface area contributed by atoms with Crippen LogP contribution in [0.25, 0.3) is 0 Å². The van der Waals surface area contributed by atoms with Crippen LogP contribution < -0.4 is 16.8 Å². The van der Waals surface area contributed by atoms with Crippen LogP contribution in [0.3, 0.4) is 0 Å². The van der Waals surface area contributed by atoms with Crippen LogP contribution in [-0.2, 0) is 0 Å². The Morgan fingerprint density at radius 2 is 2.00 bits per heavy atom. The molecule has 2 aromatic rings. The first-order valence-corrected chi connectivity index (χ1v) is 6.48. The van der Waals surface area contributed by atoms with E-state index in [-0.39, 0.29) is 11.5 Å². The molecular weight excluding hydrogens is 286 g/mol. The van der Waals surface area contributed by atoms with Crippen LogP contribution in [0.5, 0.6) is 0 Å². The Bertz CT molecular complexity index is 654. The van der Waals surface area contributed by atoms with Crippen LogP contribution >= 0.6 is 22.9 Å². The van der Waals surface area contributed by atoms with E-state index in [0.29, 0.717) is 21.3 Å². The lowest BCUT2D eigenvalue weighted by Gasteiger charge is -2.06. The first-order chi connectivity index (χ1) is 8.99. The van der Waals surface area contributed by atoms with Crippen molar-refractivity contribution in [3.05, 3.63) is 45.8 Å². The average molecular weight is 296 g/mol. The molecule has 1 aromatic carbocycles. The standard InChI is InChI=1S/C12H10ClN3O2S/c13-8-5-6(1-2-9(8)14)11(18)16-12-7(10(15)17)3-4-19-12/h1-5H,14H2,(H2,15,17)(H,16,18). The quantitative estimate of drug-likeness (QED) is 0.758. The monoisotopic (exact) mass is 295 g/mol. The highest BCUT2D eigenvalue weighted by Crippen LogP contribution is 2.25. The number of carbonyl (C=O) groups excluding carboxylic acids is 2. The summed E-state index contributed by atoms with van der Waals surface area (Å²) < 4.78 is 0. The third-order valence-electron chi connectivity index (χ3n) is 2.42. The summed E-state index contributed by atoms with van der Waals surface area (Å²) in [5, 5.41) is 4.99. The van der Waals surface area contributed by atoms with Gasteiger partial charge in [-0.05, 0) is 29.6 Å². The Morgan fingerprint density at radius 1 is 1.26 bits per heavy atom. The van der Waals surface area contributed by atoms with Gasteiger partial charge in [0.25, 0.3) is 11.8 Å². The zero-order chi connectivity index (χ0) is 14.0. The molecule has 0 spiro atoms. The van der Waals surface area contributed by atoms with E-state index in [2.05, 4.69) is 5.32 Å². The number of nitrogens with two attached hydrogens (primary N) is 2. The molecule has 0 aliphatic carbocycles. The molecule has 0 bridgehead atoms. The lowest BCUT2D eigenvalue weighted by Crippen LogP contribution is -2.16. The molecule has 0 unspecified atom stereocenters. The highest BCUT2D eigenvalue weighted by Gasteiger charge is 2.14. The molecular formula is C12H10ClN3O2S. The van der Waals surface area contributed by atoms with Crippen molar-refractivity contribution in [3.8, 4) is 0 Å². The van der Waals surface area contributed by atoms with Crippen molar-refractivity contribution in [3.63, 3.8) is 0 Å². The maximum atomic E-state index is 12.0. The van der Waals surface area contributed by atoms with Gasteiger partial charge in [-0.25, -0.2) is 0 Å². The van der Waals surface area contributed by atoms with Gasteiger partial charge in [0.1, 0.15) is 5.00 Å². The number of nitrogen functional groups attached to an aromatic ring is 1. The number of thiophene rings is 1. The number of amides is 2. The van der Waals surface area contributed by atoms with E-state index in [0.717, 1.165) is 0 Å². The number of primary amides is 1. The minimum absolute atomic E-state index is 0.278. The maximum Gasteiger partial charge on any atom is 0.256 e. The van der Waals surface area contributed by atoms with Gasteiger partial charge < -0.3 is 16.8 Å². The highest BCUT2D eigenvalue weighted by atomic mass is 35.5. The molecule has 0 atom stereocenters. The summed E-state index contributed by atoms with van der Waals surface area (Å²) in [6.07, 6.45) is 0. The molecule has 98 valence electrons. The summed E-state index contributed by atoms with van der Waals surface area (Å²) >= 11 is 7.06. The molecule has 5 nitrogen and oxygen atoms in total. The van der Waals surface area contributed by atoms with E-state index >= 15 is 0 Å². The van der Waals surface area contributed by atoms with Gasteiger partial charge in [0.2, 0.25) is 0 Å². The number of hydrogen-bond acceptors (Lipinski definition) is 4. The first kappa shape index (κ1) is 13.4. The van der Waals surface area contributed by atoms with Crippen molar-refractivity contribution in [1.29, 1.82) is 0 Å². The molecule has 0 aliphatic heterocycles. The summed E-state index contributed by atoms with van der Waals surface area (Å²) in [5.41, 5.74) is 11.8. The lowest BCUT2D eigenvalue weighted by atomic mass is 10.2. The molecule has 0 saturated carbocycles. The second kappa shape index (κ2) is 5.29. The Morgan fingerprint density at radius 3 is 2.63 bits per heavy atom. The van der Waals surface area contributed by atoms with E-state index in [1.54, 1.807) is 23.6 Å². The number of carbonyl (C=O) groups is 2. The second-order valence-electron chi connectivity index (χ2n) is 3.72. The van der Waals surface area contributed by atoms with E-state index in [1.807, 2.05) is 0 Å². The molecule has 5 N–H and O–H groups in total. The predicted molar refractivity (Wildman–Crippen MR) is 76.7 cm³/mol. The minimum Gasteiger partial charge on any atom is -0.398 e. The topological polar surface area (TPSA) is 98.2 Å². The Balaban J connectivity index is 2.23. The molecule has 0 radical (unpaired) electrons. The van der Waals surface area contributed by atoms with Gasteiger partial charge in [-0.1, -0.05) is 11.6 Å². The van der Waals surface area contributed by atoms with Gasteiger partial charge in [0, 0.05) is 5.56 Å². The van der Waals surface area contributed by atoms with Gasteiger partial charge in [-0.15, -0.1) is 11.3 Å². The van der Waals surface area contributed by atoms with Gasteiger partial charge in [-0.2, -0.15) is 0 Å². The van der Waals surface area contributed by atoms with Crippen molar-refractivity contribution < 1.29 is 9.59 Å². The first-order valence-electron chi connectivity index (χ1n) is 5.22. The molecule has 2 amide bonds. The van der Waals surface area contributed by atoms with E-state index in [9.17, 15) is 9.59 Å². The number of anilines is 2. The van der Waals surface area contributed by atoms with Crippen LogP contribution in [0.4, 0.5) is 10.7 Å². The molecule has 1 heterocycles. The van der Waals surface area contributed by atoms with E-state index < -0.39 is 5.91 Å². The molecule has 0 fully saturated rings. The van der Waals surface area contributed by atoms with E-state index in [4.69, 9.17) is 23.1 Å². The molecule has 0 aliphatic rings. The molecule has 1 aromatic heterocycles. The van der Waals surface area contributed by atoms with Gasteiger partial charge in [0.15, 0.2) is 0 Å². The molecule has 19 heavy (non-hydrogen) atoms. The largest absolute Gasteiger partial charge is 0.398 e. The van der Waals surface area contributed by atoms with Crippen molar-refractivity contribution in [1.82, 2.24) is 0 Å². The lowest BCUT2D eigenvalue weighted by molar-refractivity contribution is 0.100. The van der Waals surface area contributed by atoms with Crippen molar-refractivity contribution in [2.24, 2.45) is 5.73 Å². The van der Waals surface area contributed by atoms with Crippen LogP contribution in [0.2, 0.25) is 5.02 Å². The van der Waals surface area contributed by atoms with Gasteiger partial charge >= 0.3 is 0 Å². The summed E-state index contributed by atoms with van der Waals surface area (Å²) in [6.45, 7) is 0. The minimum atomic E-state index is -0.591. The number of halogens is 1. The zero-order valence-electron chi connectivity index (χ0n) is 9.64. The third kappa shape index (κ3) is 2.86. The molecule has 7 heteroatoms. The summed E-state index contributed by atoms with van der Waals surface area (Å²) in [6, 6.07) is 6.11. The molecule has 0 saturated heterocycles. The van der Waals surface area contributed by atoms with Crippen LogP contribution in [0.15, 0.2) is 29.6 Å². The number of benzene rings is 1. The summed E-state index contributed by atoms with van der Waals surface area (Å²) in [4.78, 5) is 23.1. The smallest absolute Gasteiger partial charge is 0.256 e. The number of rotatable bonds is 3. The van der Waals surface area contributed by atoms with Crippen LogP contribution in [0, 0.1) is 0 Å². The predicted octanol–water partition coefficient (Wildman–Crippen LogP) is 2.33. The van der Waals surface area contributed by atoms with Crippen LogP contribution in [0.1, 0.15) is 20.7 Å².